The molecule has 1 heterocycles. The molecule has 0 fully saturated rings. The van der Waals surface area contributed by atoms with Crippen molar-refractivity contribution in [2.75, 3.05) is 5.75 Å². The lowest BCUT2D eigenvalue weighted by atomic mass is 10.1. The normalized spacial score (nSPS) is 12.1. The first-order valence-electron chi connectivity index (χ1n) is 7.80. The maximum Gasteiger partial charge on any atom is 0.223 e. The van der Waals surface area contributed by atoms with Crippen LogP contribution in [0.15, 0.2) is 35.5 Å². The van der Waals surface area contributed by atoms with Crippen molar-refractivity contribution in [1.29, 1.82) is 0 Å². The molecule has 1 atom stereocenters. The minimum Gasteiger partial charge on any atom is -0.336 e. The van der Waals surface area contributed by atoms with Crippen LogP contribution in [0.2, 0.25) is 0 Å². The molecular formula is C16H23N5OS. The Kier molecular flexibility index (Phi) is 6.58. The molecule has 1 unspecified atom stereocenters. The SMILES string of the molecule is CCC(C)N(Cc1ccccc1)C(=O)CCSc1nnnn1C. The Bertz CT molecular complexity index is 616. The van der Waals surface area contributed by atoms with Gasteiger partial charge in [0.15, 0.2) is 0 Å². The van der Waals surface area contributed by atoms with Crippen molar-refractivity contribution in [1.82, 2.24) is 25.1 Å². The Morgan fingerprint density at radius 1 is 1.35 bits per heavy atom. The molecule has 23 heavy (non-hydrogen) atoms. The van der Waals surface area contributed by atoms with E-state index < -0.39 is 0 Å². The molecule has 0 saturated carbocycles. The molecule has 124 valence electrons. The Hall–Kier alpha value is -1.89. The minimum absolute atomic E-state index is 0.172. The third-order valence-corrected chi connectivity index (χ3v) is 4.78. The summed E-state index contributed by atoms with van der Waals surface area (Å²) in [6.07, 6.45) is 1.42. The number of benzene rings is 1. The van der Waals surface area contributed by atoms with Crippen LogP contribution >= 0.6 is 11.8 Å². The number of nitrogens with zero attached hydrogens (tertiary/aromatic N) is 5. The number of carbonyl (C=O) groups is 1. The van der Waals surface area contributed by atoms with E-state index in [4.69, 9.17) is 0 Å². The molecule has 0 N–H and O–H groups in total. The molecule has 2 aromatic rings. The van der Waals surface area contributed by atoms with E-state index in [0.29, 0.717) is 18.7 Å². The number of amides is 1. The summed E-state index contributed by atoms with van der Waals surface area (Å²) in [5.41, 5.74) is 1.16. The van der Waals surface area contributed by atoms with Gasteiger partial charge in [-0.15, -0.1) is 5.10 Å². The lowest BCUT2D eigenvalue weighted by Gasteiger charge is -2.29. The molecule has 0 saturated heterocycles. The lowest BCUT2D eigenvalue weighted by Crippen LogP contribution is -2.37. The van der Waals surface area contributed by atoms with Crippen molar-refractivity contribution in [3.05, 3.63) is 35.9 Å². The summed E-state index contributed by atoms with van der Waals surface area (Å²) in [5, 5.41) is 12.0. The van der Waals surface area contributed by atoms with E-state index in [1.54, 1.807) is 11.7 Å². The van der Waals surface area contributed by atoms with Gasteiger partial charge in [-0.1, -0.05) is 49.0 Å². The maximum atomic E-state index is 12.6. The molecule has 1 amide bonds. The van der Waals surface area contributed by atoms with Crippen molar-refractivity contribution >= 4 is 17.7 Å². The summed E-state index contributed by atoms with van der Waals surface area (Å²) < 4.78 is 1.62. The summed E-state index contributed by atoms with van der Waals surface area (Å²) in [4.78, 5) is 14.6. The number of hydrogen-bond acceptors (Lipinski definition) is 5. The predicted octanol–water partition coefficient (Wildman–Crippen LogP) is 2.52. The highest BCUT2D eigenvalue weighted by atomic mass is 32.2. The van der Waals surface area contributed by atoms with Crippen molar-refractivity contribution in [2.24, 2.45) is 7.05 Å². The number of thioether (sulfide) groups is 1. The van der Waals surface area contributed by atoms with Crippen LogP contribution in [0.3, 0.4) is 0 Å². The van der Waals surface area contributed by atoms with Gasteiger partial charge in [0, 0.05) is 31.8 Å². The Labute approximate surface area is 141 Å². The van der Waals surface area contributed by atoms with E-state index in [-0.39, 0.29) is 11.9 Å². The molecule has 7 heteroatoms. The summed E-state index contributed by atoms with van der Waals surface area (Å²) in [5.74, 6) is 0.847. The van der Waals surface area contributed by atoms with Gasteiger partial charge in [0.2, 0.25) is 11.1 Å². The van der Waals surface area contributed by atoms with Gasteiger partial charge in [-0.3, -0.25) is 4.79 Å². The molecule has 0 aliphatic heterocycles. The Morgan fingerprint density at radius 3 is 2.70 bits per heavy atom. The zero-order chi connectivity index (χ0) is 16.7. The highest BCUT2D eigenvalue weighted by Crippen LogP contribution is 2.17. The number of aromatic nitrogens is 4. The first-order chi connectivity index (χ1) is 11.1. The van der Waals surface area contributed by atoms with Gasteiger partial charge < -0.3 is 4.90 Å². The van der Waals surface area contributed by atoms with Gasteiger partial charge in [-0.05, 0) is 29.3 Å². The van der Waals surface area contributed by atoms with Gasteiger partial charge in [-0.2, -0.15) is 0 Å². The van der Waals surface area contributed by atoms with E-state index in [1.807, 2.05) is 23.1 Å². The summed E-state index contributed by atoms with van der Waals surface area (Å²) in [6.45, 7) is 4.86. The van der Waals surface area contributed by atoms with Crippen LogP contribution in [0.25, 0.3) is 0 Å². The smallest absolute Gasteiger partial charge is 0.223 e. The highest BCUT2D eigenvalue weighted by Gasteiger charge is 2.19. The third-order valence-electron chi connectivity index (χ3n) is 3.77. The molecule has 0 spiro atoms. The molecule has 0 bridgehead atoms. The Balaban J connectivity index is 1.92. The largest absolute Gasteiger partial charge is 0.336 e. The number of hydrogen-bond donors (Lipinski definition) is 0. The zero-order valence-corrected chi connectivity index (χ0v) is 14.7. The van der Waals surface area contributed by atoms with Crippen LogP contribution < -0.4 is 0 Å². The van der Waals surface area contributed by atoms with Crippen molar-refractivity contribution in [2.45, 2.75) is 44.4 Å². The van der Waals surface area contributed by atoms with E-state index in [2.05, 4.69) is 41.5 Å². The summed E-state index contributed by atoms with van der Waals surface area (Å²) in [7, 11) is 1.80. The van der Waals surface area contributed by atoms with Crippen LogP contribution in [0.4, 0.5) is 0 Å². The molecular weight excluding hydrogens is 310 g/mol. The zero-order valence-electron chi connectivity index (χ0n) is 13.8. The van der Waals surface area contributed by atoms with E-state index in [0.717, 1.165) is 17.1 Å². The molecule has 6 nitrogen and oxygen atoms in total. The fraction of sp³-hybridized carbons (Fsp3) is 0.500. The molecule has 0 aliphatic carbocycles. The van der Waals surface area contributed by atoms with Crippen LogP contribution in [0, 0.1) is 0 Å². The fourth-order valence-electron chi connectivity index (χ4n) is 2.21. The third kappa shape index (κ3) is 5.06. The molecule has 0 radical (unpaired) electrons. The topological polar surface area (TPSA) is 63.9 Å². The van der Waals surface area contributed by atoms with Crippen molar-refractivity contribution in [3.63, 3.8) is 0 Å². The van der Waals surface area contributed by atoms with Gasteiger partial charge in [-0.25, -0.2) is 4.68 Å². The minimum atomic E-state index is 0.172. The van der Waals surface area contributed by atoms with Gasteiger partial charge in [0.25, 0.3) is 0 Å². The second kappa shape index (κ2) is 8.67. The Morgan fingerprint density at radius 2 is 2.09 bits per heavy atom. The lowest BCUT2D eigenvalue weighted by molar-refractivity contribution is -0.133. The van der Waals surface area contributed by atoms with Crippen LogP contribution in [-0.4, -0.2) is 42.8 Å². The van der Waals surface area contributed by atoms with Crippen LogP contribution in [0.5, 0.6) is 0 Å². The molecule has 2 rings (SSSR count). The second-order valence-electron chi connectivity index (χ2n) is 5.45. The van der Waals surface area contributed by atoms with Crippen molar-refractivity contribution in [3.8, 4) is 0 Å². The average Bonchev–Trinajstić information content (AvgIpc) is 2.98. The fourth-order valence-corrected chi connectivity index (χ4v) is 2.98. The highest BCUT2D eigenvalue weighted by molar-refractivity contribution is 7.99. The van der Waals surface area contributed by atoms with Gasteiger partial charge >= 0.3 is 0 Å². The monoisotopic (exact) mass is 333 g/mol. The summed E-state index contributed by atoms with van der Waals surface area (Å²) >= 11 is 1.50. The molecule has 1 aromatic carbocycles. The van der Waals surface area contributed by atoms with Gasteiger partial charge in [0.1, 0.15) is 0 Å². The number of tetrazole rings is 1. The quantitative estimate of drug-likeness (QED) is 0.695. The molecule has 0 aliphatic rings. The average molecular weight is 333 g/mol. The van der Waals surface area contributed by atoms with E-state index in [1.165, 1.54) is 11.8 Å². The number of rotatable bonds is 8. The first kappa shape index (κ1) is 17.5. The van der Waals surface area contributed by atoms with Crippen LogP contribution in [-0.2, 0) is 18.4 Å². The van der Waals surface area contributed by atoms with E-state index >= 15 is 0 Å². The maximum absolute atomic E-state index is 12.6. The summed E-state index contributed by atoms with van der Waals surface area (Å²) in [6, 6.07) is 10.3. The number of carbonyl (C=O) groups excluding carboxylic acids is 1. The second-order valence-corrected chi connectivity index (χ2v) is 6.51. The standard InChI is InChI=1S/C16H23N5OS/c1-4-13(2)21(12-14-8-6-5-7-9-14)15(22)10-11-23-16-17-18-19-20(16)3/h5-9,13H,4,10-12H2,1-3H3. The predicted molar refractivity (Wildman–Crippen MR) is 90.9 cm³/mol. The van der Waals surface area contributed by atoms with Crippen molar-refractivity contribution < 1.29 is 4.79 Å². The van der Waals surface area contributed by atoms with E-state index in [9.17, 15) is 4.79 Å². The first-order valence-corrected chi connectivity index (χ1v) is 8.79. The number of aryl methyl sites for hydroxylation is 1. The van der Waals surface area contributed by atoms with Gasteiger partial charge in [0.05, 0.1) is 0 Å². The molecule has 1 aromatic heterocycles. The van der Waals surface area contributed by atoms with Crippen LogP contribution in [0.1, 0.15) is 32.3 Å².